The van der Waals surface area contributed by atoms with Crippen LogP contribution in [0, 0.1) is 0 Å². The van der Waals surface area contributed by atoms with Crippen molar-refractivity contribution in [2.45, 2.75) is 32.6 Å². The SMILES string of the molecule is CCCCC=CC1=CCC=C1.[Cl][Zr][Cl]. The molecule has 0 saturated carbocycles. The Hall–Kier alpha value is 0.683. The van der Waals surface area contributed by atoms with Crippen LogP contribution in [0.2, 0.25) is 0 Å². The van der Waals surface area contributed by atoms with Crippen molar-refractivity contribution in [2.24, 2.45) is 0 Å². The first-order valence-corrected chi connectivity index (χ1v) is 11.2. The van der Waals surface area contributed by atoms with Gasteiger partial charge in [0.15, 0.2) is 0 Å². The van der Waals surface area contributed by atoms with E-state index >= 15 is 0 Å². The molecule has 0 spiro atoms. The predicted octanol–water partition coefficient (Wildman–Crippen LogP) is 5.00. The quantitative estimate of drug-likeness (QED) is 0.641. The van der Waals surface area contributed by atoms with Crippen molar-refractivity contribution < 1.29 is 20.8 Å². The van der Waals surface area contributed by atoms with Crippen LogP contribution < -0.4 is 0 Å². The summed E-state index contributed by atoms with van der Waals surface area (Å²) in [5.41, 5.74) is 1.38. The van der Waals surface area contributed by atoms with Crippen molar-refractivity contribution in [1.82, 2.24) is 0 Å². The van der Waals surface area contributed by atoms with E-state index in [0.717, 1.165) is 6.42 Å². The second-order valence-electron chi connectivity index (χ2n) is 2.96. The molecule has 0 fully saturated rings. The molecule has 0 N–H and O–H groups in total. The minimum absolute atomic E-state index is 0.826. The molecule has 0 radical (unpaired) electrons. The Kier molecular flexibility index (Phi) is 12.3. The standard InChI is InChI=1S/C11H16.2ClH.Zr/c1-2-3-4-5-8-11-9-6-7-10-11;;;/h5-6,8-10H,2-4,7H2,1H3;2*1H;/q;;;+2/p-2. The van der Waals surface area contributed by atoms with Gasteiger partial charge in [-0.05, 0) is 18.4 Å². The average Bonchev–Trinajstić information content (AvgIpc) is 2.66. The van der Waals surface area contributed by atoms with Gasteiger partial charge in [-0.15, -0.1) is 0 Å². The van der Waals surface area contributed by atoms with Crippen molar-refractivity contribution in [3.63, 3.8) is 0 Å². The molecule has 0 bridgehead atoms. The van der Waals surface area contributed by atoms with Gasteiger partial charge in [0.05, 0.1) is 0 Å². The fraction of sp³-hybridized carbons (Fsp3) is 0.455. The summed E-state index contributed by atoms with van der Waals surface area (Å²) in [5, 5.41) is 0. The summed E-state index contributed by atoms with van der Waals surface area (Å²) < 4.78 is 0. The van der Waals surface area contributed by atoms with Crippen molar-refractivity contribution in [3.8, 4) is 0 Å². The van der Waals surface area contributed by atoms with Gasteiger partial charge < -0.3 is 0 Å². The van der Waals surface area contributed by atoms with Gasteiger partial charge in [0.2, 0.25) is 0 Å². The van der Waals surface area contributed by atoms with E-state index in [1.54, 1.807) is 0 Å². The van der Waals surface area contributed by atoms with E-state index < -0.39 is 20.8 Å². The Labute approximate surface area is 106 Å². The third kappa shape index (κ3) is 9.25. The Morgan fingerprint density at radius 2 is 2.21 bits per heavy atom. The van der Waals surface area contributed by atoms with Gasteiger partial charge in [0.1, 0.15) is 0 Å². The molecule has 0 aromatic rings. The first kappa shape index (κ1) is 14.7. The third-order valence-corrected chi connectivity index (χ3v) is 1.83. The Balaban J connectivity index is 0.000000500. The van der Waals surface area contributed by atoms with E-state index in [2.05, 4.69) is 37.3 Å². The summed E-state index contributed by atoms with van der Waals surface area (Å²) in [5.74, 6) is 0. The summed E-state index contributed by atoms with van der Waals surface area (Å²) in [4.78, 5) is 0. The van der Waals surface area contributed by atoms with Crippen LogP contribution in [0.15, 0.2) is 36.0 Å². The summed E-state index contributed by atoms with van der Waals surface area (Å²) in [7, 11) is 9.87. The maximum atomic E-state index is 4.93. The van der Waals surface area contributed by atoms with Crippen LogP contribution in [0.4, 0.5) is 0 Å². The van der Waals surface area contributed by atoms with Gasteiger partial charge in [0.25, 0.3) is 0 Å². The van der Waals surface area contributed by atoms with E-state index in [4.69, 9.17) is 17.0 Å². The van der Waals surface area contributed by atoms with E-state index in [-0.39, 0.29) is 0 Å². The molecule has 0 atom stereocenters. The molecular formula is C11H16Cl2Zr. The average molecular weight is 310 g/mol. The predicted molar refractivity (Wildman–Crippen MR) is 62.2 cm³/mol. The first-order valence-electron chi connectivity index (χ1n) is 4.84. The molecule has 0 unspecified atom stereocenters. The van der Waals surface area contributed by atoms with Crippen LogP contribution >= 0.6 is 17.0 Å². The molecular weight excluding hydrogens is 294 g/mol. The summed E-state index contributed by atoms with van der Waals surface area (Å²) in [6, 6.07) is 0. The molecule has 0 saturated heterocycles. The topological polar surface area (TPSA) is 0 Å². The van der Waals surface area contributed by atoms with Gasteiger partial charge in [0, 0.05) is 0 Å². The fourth-order valence-electron chi connectivity index (χ4n) is 1.14. The van der Waals surface area contributed by atoms with E-state index in [1.165, 1.54) is 24.8 Å². The molecule has 1 aliphatic carbocycles. The number of hydrogen-bond donors (Lipinski definition) is 0. The zero-order valence-electron chi connectivity index (χ0n) is 8.47. The minimum atomic E-state index is -0.826. The van der Waals surface area contributed by atoms with E-state index in [1.807, 2.05) is 0 Å². The molecule has 0 aromatic heterocycles. The van der Waals surface area contributed by atoms with Gasteiger partial charge in [-0.1, -0.05) is 50.1 Å². The Bertz CT molecular complexity index is 207. The molecule has 0 aromatic carbocycles. The van der Waals surface area contributed by atoms with Crippen molar-refractivity contribution >= 4 is 17.0 Å². The van der Waals surface area contributed by atoms with Gasteiger partial charge in [-0.2, -0.15) is 0 Å². The summed E-state index contributed by atoms with van der Waals surface area (Å²) >= 11 is -0.826. The van der Waals surface area contributed by atoms with Crippen LogP contribution in [0.5, 0.6) is 0 Å². The maximum absolute atomic E-state index is 4.93. The van der Waals surface area contributed by atoms with Crippen LogP contribution in [-0.2, 0) is 20.8 Å². The molecule has 3 heteroatoms. The van der Waals surface area contributed by atoms with Gasteiger partial charge in [-0.3, -0.25) is 0 Å². The number of unbranched alkanes of at least 4 members (excludes halogenated alkanes) is 2. The van der Waals surface area contributed by atoms with E-state index in [9.17, 15) is 0 Å². The zero-order chi connectivity index (χ0) is 10.6. The van der Waals surface area contributed by atoms with Crippen LogP contribution in [0.3, 0.4) is 0 Å². The second kappa shape index (κ2) is 11.8. The summed E-state index contributed by atoms with van der Waals surface area (Å²) in [6.45, 7) is 2.22. The fourth-order valence-corrected chi connectivity index (χ4v) is 1.14. The molecule has 0 amide bonds. The molecule has 14 heavy (non-hydrogen) atoms. The summed E-state index contributed by atoms with van der Waals surface area (Å²) in [6.07, 6.45) is 16.1. The van der Waals surface area contributed by atoms with Crippen LogP contribution in [0.25, 0.3) is 0 Å². The van der Waals surface area contributed by atoms with Gasteiger partial charge >= 0.3 is 37.9 Å². The monoisotopic (exact) mass is 308 g/mol. The second-order valence-corrected chi connectivity index (χ2v) is 6.69. The number of hydrogen-bond acceptors (Lipinski definition) is 0. The first-order chi connectivity index (χ1) is 6.85. The number of allylic oxidation sites excluding steroid dienone is 6. The Morgan fingerprint density at radius 3 is 2.71 bits per heavy atom. The molecule has 1 rings (SSSR count). The molecule has 1 aliphatic rings. The Morgan fingerprint density at radius 1 is 1.50 bits per heavy atom. The molecule has 0 heterocycles. The number of rotatable bonds is 4. The zero-order valence-corrected chi connectivity index (χ0v) is 12.4. The number of halogens is 2. The van der Waals surface area contributed by atoms with Crippen LogP contribution in [-0.4, -0.2) is 0 Å². The van der Waals surface area contributed by atoms with Crippen molar-refractivity contribution in [3.05, 3.63) is 36.0 Å². The normalized spacial score (nSPS) is 13.8. The molecule has 0 aliphatic heterocycles. The van der Waals surface area contributed by atoms with E-state index in [0.29, 0.717) is 0 Å². The van der Waals surface area contributed by atoms with Gasteiger partial charge in [-0.25, -0.2) is 0 Å². The van der Waals surface area contributed by atoms with Crippen molar-refractivity contribution in [2.75, 3.05) is 0 Å². The van der Waals surface area contributed by atoms with Crippen molar-refractivity contribution in [1.29, 1.82) is 0 Å². The molecule has 78 valence electrons. The third-order valence-electron chi connectivity index (χ3n) is 1.83. The van der Waals surface area contributed by atoms with Crippen LogP contribution in [0.1, 0.15) is 32.6 Å². The molecule has 0 nitrogen and oxygen atoms in total.